The number of alkyl halides is 1. The largest absolute Gasteiger partial charge is 0.390 e. The van der Waals surface area contributed by atoms with Gasteiger partial charge in [0, 0.05) is 5.33 Å². The molecule has 2 atom stereocenters. The molecule has 2 rings (SSSR count). The van der Waals surface area contributed by atoms with Crippen molar-refractivity contribution < 1.29 is 10.2 Å². The van der Waals surface area contributed by atoms with Crippen molar-refractivity contribution in [2.45, 2.75) is 76.9 Å². The van der Waals surface area contributed by atoms with Crippen molar-refractivity contribution in [2.75, 3.05) is 5.33 Å². The molecule has 0 bridgehead atoms. The summed E-state index contributed by atoms with van der Waals surface area (Å²) in [7, 11) is 0. The van der Waals surface area contributed by atoms with E-state index in [0.717, 1.165) is 17.5 Å². The fourth-order valence-corrected chi connectivity index (χ4v) is 4.00. The molecule has 22 heavy (non-hydrogen) atoms. The van der Waals surface area contributed by atoms with Gasteiger partial charge in [0.15, 0.2) is 0 Å². The molecule has 0 amide bonds. The topological polar surface area (TPSA) is 40.5 Å². The lowest BCUT2D eigenvalue weighted by Crippen LogP contribution is -2.34. The maximum atomic E-state index is 10.5. The summed E-state index contributed by atoms with van der Waals surface area (Å²) in [4.78, 5) is 0. The Morgan fingerprint density at radius 3 is 2.05 bits per heavy atom. The van der Waals surface area contributed by atoms with Crippen LogP contribution in [0, 0.1) is 6.92 Å². The van der Waals surface area contributed by atoms with Crippen molar-refractivity contribution >= 4 is 15.9 Å². The van der Waals surface area contributed by atoms with Gasteiger partial charge in [-0.25, -0.2) is 0 Å². The molecule has 0 saturated heterocycles. The zero-order valence-electron chi connectivity index (χ0n) is 14.4. The van der Waals surface area contributed by atoms with Gasteiger partial charge in [-0.05, 0) is 59.3 Å². The number of hydrogen-bond donors (Lipinski definition) is 2. The van der Waals surface area contributed by atoms with E-state index >= 15 is 0 Å². The van der Waals surface area contributed by atoms with Crippen molar-refractivity contribution in [3.05, 3.63) is 34.4 Å². The van der Waals surface area contributed by atoms with E-state index in [2.05, 4.69) is 55.8 Å². The van der Waals surface area contributed by atoms with Gasteiger partial charge >= 0.3 is 0 Å². The van der Waals surface area contributed by atoms with Crippen LogP contribution in [0.25, 0.3) is 0 Å². The molecule has 2 unspecified atom stereocenters. The van der Waals surface area contributed by atoms with Crippen LogP contribution in [-0.4, -0.2) is 21.6 Å². The van der Waals surface area contributed by atoms with Gasteiger partial charge in [-0.15, -0.1) is 0 Å². The molecule has 0 aliphatic heterocycles. The first-order valence-electron chi connectivity index (χ1n) is 8.18. The average molecular weight is 369 g/mol. The molecule has 1 aromatic rings. The highest BCUT2D eigenvalue weighted by Gasteiger charge is 2.38. The Morgan fingerprint density at radius 2 is 1.55 bits per heavy atom. The van der Waals surface area contributed by atoms with Gasteiger partial charge in [-0.2, -0.15) is 0 Å². The lowest BCUT2D eigenvalue weighted by molar-refractivity contribution is 0.0168. The van der Waals surface area contributed by atoms with E-state index in [1.54, 1.807) is 0 Å². The number of rotatable bonds is 4. The highest BCUT2D eigenvalue weighted by atomic mass is 79.9. The molecular formula is C19H29BrO2. The summed E-state index contributed by atoms with van der Waals surface area (Å²) in [5, 5.41) is 21.4. The fourth-order valence-electron chi connectivity index (χ4n) is 3.53. The van der Waals surface area contributed by atoms with Crippen LogP contribution in [0.2, 0.25) is 0 Å². The predicted molar refractivity (Wildman–Crippen MR) is 95.8 cm³/mol. The zero-order chi connectivity index (χ0) is 16.7. The summed E-state index contributed by atoms with van der Waals surface area (Å²) >= 11 is 3.33. The summed E-state index contributed by atoms with van der Waals surface area (Å²) in [6.45, 7) is 11.2. The maximum absolute atomic E-state index is 10.5. The van der Waals surface area contributed by atoms with E-state index in [-0.39, 0.29) is 10.8 Å². The SMILES string of the molecule is Cc1cc2c(cc1C(O)C(O)CCBr)C(C)(C)CCC2(C)C. The van der Waals surface area contributed by atoms with Crippen molar-refractivity contribution in [1.82, 2.24) is 0 Å². The van der Waals surface area contributed by atoms with Gasteiger partial charge in [-0.3, -0.25) is 0 Å². The first-order valence-corrected chi connectivity index (χ1v) is 9.30. The first-order chi connectivity index (χ1) is 10.1. The molecular weight excluding hydrogens is 340 g/mol. The third kappa shape index (κ3) is 3.27. The third-order valence-corrected chi connectivity index (χ3v) is 5.79. The van der Waals surface area contributed by atoms with Gasteiger partial charge in [0.2, 0.25) is 0 Å². The van der Waals surface area contributed by atoms with Crippen molar-refractivity contribution in [3.8, 4) is 0 Å². The fraction of sp³-hybridized carbons (Fsp3) is 0.684. The van der Waals surface area contributed by atoms with Crippen LogP contribution in [0.3, 0.4) is 0 Å². The smallest absolute Gasteiger partial charge is 0.105 e. The molecule has 1 aliphatic carbocycles. The minimum atomic E-state index is -0.816. The molecule has 0 heterocycles. The Kier molecular flexibility index (Phi) is 5.11. The Hall–Kier alpha value is -0.380. The molecule has 0 radical (unpaired) electrons. The van der Waals surface area contributed by atoms with E-state index in [4.69, 9.17) is 0 Å². The number of aryl methyl sites for hydroxylation is 1. The molecule has 0 spiro atoms. The summed E-state index contributed by atoms with van der Waals surface area (Å²) in [5.41, 5.74) is 4.96. The molecule has 3 heteroatoms. The van der Waals surface area contributed by atoms with E-state index in [0.29, 0.717) is 11.8 Å². The molecule has 124 valence electrons. The quantitative estimate of drug-likeness (QED) is 0.766. The second kappa shape index (κ2) is 6.26. The Labute approximate surface area is 143 Å². The number of halogens is 1. The van der Waals surface area contributed by atoms with E-state index < -0.39 is 12.2 Å². The zero-order valence-corrected chi connectivity index (χ0v) is 16.0. The predicted octanol–water partition coefficient (Wildman–Crippen LogP) is 4.52. The normalized spacial score (nSPS) is 22.0. The minimum Gasteiger partial charge on any atom is -0.390 e. The number of aliphatic hydroxyl groups is 2. The highest BCUT2D eigenvalue weighted by Crippen LogP contribution is 2.47. The summed E-state index contributed by atoms with van der Waals surface area (Å²) in [6.07, 6.45) is 1.34. The van der Waals surface area contributed by atoms with Gasteiger partial charge < -0.3 is 10.2 Å². The van der Waals surface area contributed by atoms with Gasteiger partial charge in [0.05, 0.1) is 6.10 Å². The number of aliphatic hydroxyl groups excluding tert-OH is 2. The molecule has 2 nitrogen and oxygen atoms in total. The second-order valence-electron chi connectivity index (χ2n) is 8.01. The summed E-state index contributed by atoms with van der Waals surface area (Å²) < 4.78 is 0. The second-order valence-corrected chi connectivity index (χ2v) is 8.80. The molecule has 0 saturated carbocycles. The Morgan fingerprint density at radius 1 is 1.05 bits per heavy atom. The van der Waals surface area contributed by atoms with Crippen LogP contribution in [-0.2, 0) is 10.8 Å². The molecule has 0 aromatic heterocycles. The molecule has 1 aliphatic rings. The average Bonchev–Trinajstić information content (AvgIpc) is 2.43. The van der Waals surface area contributed by atoms with Gasteiger partial charge in [-0.1, -0.05) is 55.8 Å². The number of benzene rings is 1. The summed E-state index contributed by atoms with van der Waals surface area (Å²) in [5.74, 6) is 0. The van der Waals surface area contributed by atoms with Crippen molar-refractivity contribution in [3.63, 3.8) is 0 Å². The van der Waals surface area contributed by atoms with E-state index in [9.17, 15) is 10.2 Å². The highest BCUT2D eigenvalue weighted by molar-refractivity contribution is 9.09. The minimum absolute atomic E-state index is 0.118. The Balaban J connectivity index is 2.52. The van der Waals surface area contributed by atoms with Crippen LogP contribution in [0.15, 0.2) is 12.1 Å². The number of fused-ring (bicyclic) bond motifs is 1. The third-order valence-electron chi connectivity index (χ3n) is 5.33. The van der Waals surface area contributed by atoms with Crippen molar-refractivity contribution in [2.24, 2.45) is 0 Å². The molecule has 0 fully saturated rings. The van der Waals surface area contributed by atoms with Crippen molar-refractivity contribution in [1.29, 1.82) is 0 Å². The first kappa shape index (κ1) is 18.0. The standard InChI is InChI=1S/C19H29BrO2/c1-12-10-14-15(19(4,5)8-7-18(14,2)3)11-13(12)17(22)16(21)6-9-20/h10-11,16-17,21-22H,6-9H2,1-5H3. The monoisotopic (exact) mass is 368 g/mol. The maximum Gasteiger partial charge on any atom is 0.105 e. The van der Waals surface area contributed by atoms with Crippen LogP contribution in [0.4, 0.5) is 0 Å². The Bertz CT molecular complexity index is 549. The van der Waals surface area contributed by atoms with E-state index in [1.807, 2.05) is 6.92 Å². The van der Waals surface area contributed by atoms with Gasteiger partial charge in [0.1, 0.15) is 6.10 Å². The van der Waals surface area contributed by atoms with Crippen LogP contribution in [0.1, 0.15) is 75.3 Å². The lowest BCUT2D eigenvalue weighted by atomic mass is 9.62. The molecule has 2 N–H and O–H groups in total. The summed E-state index contributed by atoms with van der Waals surface area (Å²) in [6, 6.07) is 4.38. The van der Waals surface area contributed by atoms with E-state index in [1.165, 1.54) is 17.5 Å². The molecule has 1 aromatic carbocycles. The van der Waals surface area contributed by atoms with Crippen LogP contribution in [0.5, 0.6) is 0 Å². The lowest BCUT2D eigenvalue weighted by Gasteiger charge is -2.42. The van der Waals surface area contributed by atoms with Crippen LogP contribution >= 0.6 is 15.9 Å². The van der Waals surface area contributed by atoms with Gasteiger partial charge in [0.25, 0.3) is 0 Å². The van der Waals surface area contributed by atoms with Crippen LogP contribution < -0.4 is 0 Å². The number of hydrogen-bond acceptors (Lipinski definition) is 2.